The highest BCUT2D eigenvalue weighted by atomic mass is 32.1. The summed E-state index contributed by atoms with van der Waals surface area (Å²) >= 11 is 1.72. The molecule has 3 amide bonds. The van der Waals surface area contributed by atoms with Crippen LogP contribution in [0.15, 0.2) is 35.7 Å². The molecular formula is C25H33FN4O2S. The van der Waals surface area contributed by atoms with E-state index >= 15 is 0 Å². The van der Waals surface area contributed by atoms with Crippen molar-refractivity contribution in [2.75, 3.05) is 32.7 Å². The fourth-order valence-corrected chi connectivity index (χ4v) is 5.66. The van der Waals surface area contributed by atoms with E-state index in [1.807, 2.05) is 43.6 Å². The predicted octanol–water partition coefficient (Wildman–Crippen LogP) is 3.88. The van der Waals surface area contributed by atoms with E-state index < -0.39 is 0 Å². The van der Waals surface area contributed by atoms with Gasteiger partial charge in [0, 0.05) is 42.6 Å². The van der Waals surface area contributed by atoms with E-state index in [1.54, 1.807) is 23.5 Å². The summed E-state index contributed by atoms with van der Waals surface area (Å²) in [6, 6.07) is 8.51. The van der Waals surface area contributed by atoms with Gasteiger partial charge in [-0.15, -0.1) is 11.3 Å². The van der Waals surface area contributed by atoms with Gasteiger partial charge < -0.3 is 15.1 Å². The zero-order valence-corrected chi connectivity index (χ0v) is 20.6. The van der Waals surface area contributed by atoms with Gasteiger partial charge in [-0.1, -0.05) is 12.1 Å². The van der Waals surface area contributed by atoms with E-state index in [4.69, 9.17) is 0 Å². The maximum atomic E-state index is 14.0. The molecule has 2 aliphatic rings. The van der Waals surface area contributed by atoms with Crippen LogP contribution in [0.4, 0.5) is 9.18 Å². The number of rotatable bonds is 3. The van der Waals surface area contributed by atoms with Crippen LogP contribution in [0.5, 0.6) is 0 Å². The Kier molecular flexibility index (Phi) is 6.77. The minimum absolute atomic E-state index is 0.0535. The van der Waals surface area contributed by atoms with Gasteiger partial charge in [0.15, 0.2) is 0 Å². The van der Waals surface area contributed by atoms with E-state index in [9.17, 15) is 14.0 Å². The van der Waals surface area contributed by atoms with Crippen molar-refractivity contribution in [1.82, 2.24) is 20.0 Å². The van der Waals surface area contributed by atoms with Gasteiger partial charge in [0.05, 0.1) is 12.6 Å². The third-order valence-electron chi connectivity index (χ3n) is 6.29. The number of amides is 3. The molecule has 1 aromatic heterocycles. The summed E-state index contributed by atoms with van der Waals surface area (Å²) in [4.78, 5) is 33.0. The zero-order chi connectivity index (χ0) is 23.8. The van der Waals surface area contributed by atoms with Gasteiger partial charge in [-0.25, -0.2) is 9.18 Å². The molecule has 1 fully saturated rings. The quantitative estimate of drug-likeness (QED) is 0.738. The third kappa shape index (κ3) is 5.38. The van der Waals surface area contributed by atoms with Crippen LogP contribution in [-0.2, 0) is 11.2 Å². The average molecular weight is 473 g/mol. The van der Waals surface area contributed by atoms with Crippen LogP contribution in [0.3, 0.4) is 0 Å². The van der Waals surface area contributed by atoms with Gasteiger partial charge in [0.25, 0.3) is 0 Å². The number of urea groups is 1. The SMILES string of the molecule is C[C@H]1CN(C(=O)CN2CCc3sccc3[C@H]2c2cccc(F)c2)CCN1C(=O)NC(C)(C)C. The highest BCUT2D eigenvalue weighted by Gasteiger charge is 2.35. The molecule has 0 bridgehead atoms. The molecule has 3 heterocycles. The molecule has 2 atom stereocenters. The number of thiophene rings is 1. The lowest BCUT2D eigenvalue weighted by molar-refractivity contribution is -0.135. The van der Waals surface area contributed by atoms with Gasteiger partial charge in [-0.2, -0.15) is 0 Å². The molecule has 1 saturated heterocycles. The Labute approximate surface area is 199 Å². The minimum atomic E-state index is -0.301. The normalized spacial score (nSPS) is 21.6. The van der Waals surface area contributed by atoms with E-state index in [1.165, 1.54) is 16.5 Å². The summed E-state index contributed by atoms with van der Waals surface area (Å²) in [6.45, 7) is 10.4. The fourth-order valence-electron chi connectivity index (χ4n) is 4.76. The summed E-state index contributed by atoms with van der Waals surface area (Å²) in [5.74, 6) is -0.211. The second-order valence-corrected chi connectivity index (χ2v) is 11.0. The second-order valence-electron chi connectivity index (χ2n) is 10.0. The molecule has 0 saturated carbocycles. The first-order chi connectivity index (χ1) is 15.6. The number of hydrogen-bond acceptors (Lipinski definition) is 4. The van der Waals surface area contributed by atoms with Crippen LogP contribution >= 0.6 is 11.3 Å². The molecule has 6 nitrogen and oxygen atoms in total. The molecule has 4 rings (SSSR count). The van der Waals surface area contributed by atoms with Gasteiger partial charge >= 0.3 is 6.03 Å². The molecule has 8 heteroatoms. The Morgan fingerprint density at radius 2 is 1.97 bits per heavy atom. The van der Waals surface area contributed by atoms with Crippen LogP contribution < -0.4 is 5.32 Å². The molecule has 2 aliphatic heterocycles. The van der Waals surface area contributed by atoms with Crippen molar-refractivity contribution in [2.24, 2.45) is 0 Å². The summed E-state index contributed by atoms with van der Waals surface area (Å²) in [6.07, 6.45) is 0.892. The van der Waals surface area contributed by atoms with Crippen LogP contribution in [0.25, 0.3) is 0 Å². The van der Waals surface area contributed by atoms with Crippen molar-refractivity contribution < 1.29 is 14.0 Å². The number of piperazine rings is 1. The average Bonchev–Trinajstić information content (AvgIpc) is 3.20. The van der Waals surface area contributed by atoms with Gasteiger partial charge in [-0.3, -0.25) is 9.69 Å². The molecule has 2 aromatic rings. The first kappa shape index (κ1) is 23.7. The minimum Gasteiger partial charge on any atom is -0.338 e. The van der Waals surface area contributed by atoms with Gasteiger partial charge in [0.2, 0.25) is 5.91 Å². The number of nitrogens with one attached hydrogen (secondary N) is 1. The molecular weight excluding hydrogens is 439 g/mol. The first-order valence-corrected chi connectivity index (χ1v) is 12.4. The smallest absolute Gasteiger partial charge is 0.318 e. The Hall–Kier alpha value is -2.45. The molecule has 0 aliphatic carbocycles. The molecule has 178 valence electrons. The fraction of sp³-hybridized carbons (Fsp3) is 0.520. The highest BCUT2D eigenvalue weighted by Crippen LogP contribution is 2.37. The van der Waals surface area contributed by atoms with Gasteiger partial charge in [0.1, 0.15) is 5.82 Å². The Morgan fingerprint density at radius 3 is 2.67 bits per heavy atom. The summed E-state index contributed by atoms with van der Waals surface area (Å²) in [5.41, 5.74) is 1.74. The van der Waals surface area contributed by atoms with E-state index in [2.05, 4.69) is 21.7 Å². The van der Waals surface area contributed by atoms with Crippen molar-refractivity contribution in [2.45, 2.75) is 51.7 Å². The van der Waals surface area contributed by atoms with Crippen molar-refractivity contribution in [3.05, 3.63) is 57.5 Å². The number of carbonyl (C=O) groups is 2. The lowest BCUT2D eigenvalue weighted by Gasteiger charge is -2.42. The van der Waals surface area contributed by atoms with E-state index in [-0.39, 0.29) is 41.9 Å². The summed E-state index contributed by atoms with van der Waals surface area (Å²) in [5, 5.41) is 5.09. The van der Waals surface area contributed by atoms with Crippen molar-refractivity contribution >= 4 is 23.3 Å². The molecule has 0 unspecified atom stereocenters. The van der Waals surface area contributed by atoms with E-state index in [0.717, 1.165) is 18.5 Å². The number of carbonyl (C=O) groups excluding carboxylic acids is 2. The number of hydrogen-bond donors (Lipinski definition) is 1. The third-order valence-corrected chi connectivity index (χ3v) is 7.29. The van der Waals surface area contributed by atoms with Crippen LogP contribution in [0.1, 0.15) is 49.7 Å². The molecule has 0 radical (unpaired) electrons. The molecule has 1 N–H and O–H groups in total. The van der Waals surface area contributed by atoms with Crippen molar-refractivity contribution in [1.29, 1.82) is 0 Å². The number of benzene rings is 1. The lowest BCUT2D eigenvalue weighted by atomic mass is 9.93. The Balaban J connectivity index is 1.45. The summed E-state index contributed by atoms with van der Waals surface area (Å²) < 4.78 is 14.0. The highest BCUT2D eigenvalue weighted by molar-refractivity contribution is 7.10. The van der Waals surface area contributed by atoms with Gasteiger partial charge in [-0.05, 0) is 68.8 Å². The number of fused-ring (bicyclic) bond motifs is 1. The van der Waals surface area contributed by atoms with E-state index in [0.29, 0.717) is 19.6 Å². The number of halogens is 1. The summed E-state index contributed by atoms with van der Waals surface area (Å²) in [7, 11) is 0. The largest absolute Gasteiger partial charge is 0.338 e. The maximum absolute atomic E-state index is 14.0. The van der Waals surface area contributed by atoms with Crippen molar-refractivity contribution in [3.63, 3.8) is 0 Å². The Morgan fingerprint density at radius 1 is 1.18 bits per heavy atom. The van der Waals surface area contributed by atoms with Crippen molar-refractivity contribution in [3.8, 4) is 0 Å². The number of nitrogens with zero attached hydrogens (tertiary/aromatic N) is 3. The lowest BCUT2D eigenvalue weighted by Crippen LogP contribution is -2.60. The topological polar surface area (TPSA) is 55.9 Å². The van der Waals surface area contributed by atoms with Crippen LogP contribution in [-0.4, -0.2) is 70.9 Å². The first-order valence-electron chi connectivity index (χ1n) is 11.5. The predicted molar refractivity (Wildman–Crippen MR) is 129 cm³/mol. The Bertz CT molecular complexity index is 1020. The van der Waals surface area contributed by atoms with Crippen LogP contribution in [0.2, 0.25) is 0 Å². The standard InChI is InChI=1S/C25H33FN4O2S/c1-17-15-28(11-12-30(17)24(32)27-25(2,3)4)22(31)16-29-10-8-21-20(9-13-33-21)23(29)18-6-5-7-19(26)14-18/h5-7,9,13-14,17,23H,8,10-12,15-16H2,1-4H3,(H,27,32)/t17-,23+/m0/s1. The maximum Gasteiger partial charge on any atom is 0.318 e. The second kappa shape index (κ2) is 9.43. The monoisotopic (exact) mass is 472 g/mol. The zero-order valence-electron chi connectivity index (χ0n) is 19.8. The molecule has 0 spiro atoms. The van der Waals surface area contributed by atoms with Crippen LogP contribution in [0, 0.1) is 5.82 Å². The molecule has 1 aromatic carbocycles. The molecule has 33 heavy (non-hydrogen) atoms.